The van der Waals surface area contributed by atoms with Gasteiger partial charge in [-0.25, -0.2) is 0 Å². The average Bonchev–Trinajstić information content (AvgIpc) is 2.47. The van der Waals surface area contributed by atoms with Gasteiger partial charge in [-0.1, -0.05) is 11.6 Å². The van der Waals surface area contributed by atoms with Crippen molar-refractivity contribution in [1.29, 1.82) is 0 Å². The minimum absolute atomic E-state index is 0.0450. The van der Waals surface area contributed by atoms with Crippen LogP contribution in [0.5, 0.6) is 0 Å². The highest BCUT2D eigenvalue weighted by Gasteiger charge is 2.17. The zero-order chi connectivity index (χ0) is 15.4. The van der Waals surface area contributed by atoms with Crippen LogP contribution in [-0.4, -0.2) is 15.8 Å². The van der Waals surface area contributed by atoms with Gasteiger partial charge in [-0.05, 0) is 30.7 Å². The van der Waals surface area contributed by atoms with Crippen molar-refractivity contribution < 1.29 is 9.72 Å². The van der Waals surface area contributed by atoms with E-state index >= 15 is 0 Å². The first-order chi connectivity index (χ1) is 9.99. The molecule has 1 amide bonds. The van der Waals surface area contributed by atoms with Gasteiger partial charge in [0.15, 0.2) is 0 Å². The van der Waals surface area contributed by atoms with Crippen LogP contribution >= 0.6 is 11.6 Å². The maximum Gasteiger partial charge on any atom is 0.270 e. The second-order valence-electron chi connectivity index (χ2n) is 4.40. The van der Waals surface area contributed by atoms with Gasteiger partial charge >= 0.3 is 0 Å². The minimum Gasteiger partial charge on any atom is -0.345 e. The molecule has 2 rings (SSSR count). The first-order valence-electron chi connectivity index (χ1n) is 6.14. The molecule has 0 aliphatic carbocycles. The Hall–Kier alpha value is -2.47. The van der Waals surface area contributed by atoms with Gasteiger partial charge < -0.3 is 5.32 Å². The average molecular weight is 306 g/mol. The Kier molecular flexibility index (Phi) is 4.49. The molecular formula is C14H12ClN3O3. The number of amides is 1. The standard InChI is InChI=1S/C14H12ClN3O3/c1-9(10-4-6-16-7-5-10)17-14(19)12-3-2-11(18(20)21)8-13(12)15/h2-9H,1H3,(H,17,19)/t9-/m0/s1. The number of nitro benzene ring substituents is 1. The zero-order valence-corrected chi connectivity index (χ0v) is 11.9. The maximum absolute atomic E-state index is 12.1. The lowest BCUT2D eigenvalue weighted by Gasteiger charge is -2.14. The van der Waals surface area contributed by atoms with Gasteiger partial charge in [0.1, 0.15) is 0 Å². The SMILES string of the molecule is C[C@H](NC(=O)c1ccc([N+](=O)[O-])cc1Cl)c1ccncc1. The topological polar surface area (TPSA) is 85.1 Å². The predicted molar refractivity (Wildman–Crippen MR) is 78.2 cm³/mol. The van der Waals surface area contributed by atoms with Crippen LogP contribution in [0.1, 0.15) is 28.9 Å². The van der Waals surface area contributed by atoms with E-state index in [0.717, 1.165) is 11.6 Å². The smallest absolute Gasteiger partial charge is 0.270 e. The van der Waals surface area contributed by atoms with Crippen LogP contribution in [0.2, 0.25) is 5.02 Å². The van der Waals surface area contributed by atoms with Crippen LogP contribution in [0.4, 0.5) is 5.69 Å². The van der Waals surface area contributed by atoms with Crippen LogP contribution < -0.4 is 5.32 Å². The predicted octanol–water partition coefficient (Wildman–Crippen LogP) is 3.13. The molecule has 6 nitrogen and oxygen atoms in total. The number of aromatic nitrogens is 1. The van der Waals surface area contributed by atoms with Gasteiger partial charge in [0.25, 0.3) is 11.6 Å². The molecule has 0 bridgehead atoms. The molecule has 1 heterocycles. The Labute approximate surface area is 125 Å². The highest BCUT2D eigenvalue weighted by Crippen LogP contribution is 2.23. The number of halogens is 1. The number of nitro groups is 1. The molecule has 108 valence electrons. The number of benzene rings is 1. The number of rotatable bonds is 4. The number of hydrogen-bond acceptors (Lipinski definition) is 4. The molecule has 21 heavy (non-hydrogen) atoms. The maximum atomic E-state index is 12.1. The van der Waals surface area contributed by atoms with E-state index in [9.17, 15) is 14.9 Å². The van der Waals surface area contributed by atoms with Gasteiger partial charge in [0, 0.05) is 24.5 Å². The van der Waals surface area contributed by atoms with Crippen LogP contribution in [0.15, 0.2) is 42.7 Å². The molecule has 1 aromatic carbocycles. The highest BCUT2D eigenvalue weighted by molar-refractivity contribution is 6.34. The van der Waals surface area contributed by atoms with Crippen LogP contribution in [0.3, 0.4) is 0 Å². The molecule has 1 N–H and O–H groups in total. The normalized spacial score (nSPS) is 11.7. The van der Waals surface area contributed by atoms with Crippen LogP contribution in [-0.2, 0) is 0 Å². The van der Waals surface area contributed by atoms with E-state index in [-0.39, 0.29) is 28.2 Å². The summed E-state index contributed by atoms with van der Waals surface area (Å²) in [6.45, 7) is 1.83. The molecular weight excluding hydrogens is 294 g/mol. The first kappa shape index (κ1) is 14.9. The third kappa shape index (κ3) is 3.55. The van der Waals surface area contributed by atoms with Gasteiger partial charge in [-0.15, -0.1) is 0 Å². The summed E-state index contributed by atoms with van der Waals surface area (Å²) in [6, 6.07) is 7.11. The number of hydrogen-bond donors (Lipinski definition) is 1. The number of non-ortho nitro benzene ring substituents is 1. The second kappa shape index (κ2) is 6.32. The van der Waals surface area contributed by atoms with E-state index in [4.69, 9.17) is 11.6 Å². The molecule has 7 heteroatoms. The Morgan fingerprint density at radius 3 is 2.57 bits per heavy atom. The molecule has 0 fully saturated rings. The van der Waals surface area contributed by atoms with E-state index in [1.807, 2.05) is 6.92 Å². The third-order valence-electron chi connectivity index (χ3n) is 2.96. The van der Waals surface area contributed by atoms with Crippen molar-refractivity contribution >= 4 is 23.2 Å². The number of pyridine rings is 1. The minimum atomic E-state index is -0.562. The Morgan fingerprint density at radius 1 is 1.33 bits per heavy atom. The third-order valence-corrected chi connectivity index (χ3v) is 3.27. The van der Waals surface area contributed by atoms with Crippen LogP contribution in [0, 0.1) is 10.1 Å². The lowest BCUT2D eigenvalue weighted by atomic mass is 10.1. The highest BCUT2D eigenvalue weighted by atomic mass is 35.5. The fourth-order valence-corrected chi connectivity index (χ4v) is 2.07. The van der Waals surface area contributed by atoms with Gasteiger partial charge in [-0.2, -0.15) is 0 Å². The van der Waals surface area contributed by atoms with E-state index in [2.05, 4.69) is 10.3 Å². The Bertz CT molecular complexity index is 676. The molecule has 0 unspecified atom stereocenters. The quantitative estimate of drug-likeness (QED) is 0.694. The number of carbonyl (C=O) groups excluding carboxylic acids is 1. The lowest BCUT2D eigenvalue weighted by Crippen LogP contribution is -2.26. The van der Waals surface area contributed by atoms with Crippen molar-refractivity contribution in [1.82, 2.24) is 10.3 Å². The van der Waals surface area contributed by atoms with Crippen molar-refractivity contribution in [2.75, 3.05) is 0 Å². The molecule has 1 atom stereocenters. The fourth-order valence-electron chi connectivity index (χ4n) is 1.81. The van der Waals surface area contributed by atoms with E-state index < -0.39 is 4.92 Å². The molecule has 0 saturated carbocycles. The van der Waals surface area contributed by atoms with E-state index in [1.165, 1.54) is 12.1 Å². The summed E-state index contributed by atoms with van der Waals surface area (Å²) >= 11 is 5.92. The van der Waals surface area contributed by atoms with Gasteiger partial charge in [0.2, 0.25) is 0 Å². The number of nitrogens with one attached hydrogen (secondary N) is 1. The summed E-state index contributed by atoms with van der Waals surface area (Å²) in [5, 5.41) is 13.5. The largest absolute Gasteiger partial charge is 0.345 e. The monoisotopic (exact) mass is 305 g/mol. The molecule has 0 aliphatic rings. The Balaban J connectivity index is 2.15. The second-order valence-corrected chi connectivity index (χ2v) is 4.80. The molecule has 0 spiro atoms. The van der Waals surface area contributed by atoms with E-state index in [0.29, 0.717) is 0 Å². The molecule has 2 aromatic rings. The zero-order valence-electron chi connectivity index (χ0n) is 11.1. The van der Waals surface area contributed by atoms with Crippen molar-refractivity contribution in [2.24, 2.45) is 0 Å². The summed E-state index contributed by atoms with van der Waals surface area (Å²) in [5.41, 5.74) is 0.943. The summed E-state index contributed by atoms with van der Waals surface area (Å²) in [6.07, 6.45) is 3.27. The van der Waals surface area contributed by atoms with Crippen molar-refractivity contribution in [2.45, 2.75) is 13.0 Å². The van der Waals surface area contributed by atoms with Crippen LogP contribution in [0.25, 0.3) is 0 Å². The molecule has 0 radical (unpaired) electrons. The van der Waals surface area contributed by atoms with Crippen molar-refractivity contribution in [3.63, 3.8) is 0 Å². The summed E-state index contributed by atoms with van der Waals surface area (Å²) in [7, 11) is 0. The first-order valence-corrected chi connectivity index (χ1v) is 6.51. The molecule has 0 saturated heterocycles. The fraction of sp³-hybridized carbons (Fsp3) is 0.143. The van der Waals surface area contributed by atoms with E-state index in [1.54, 1.807) is 24.5 Å². The summed E-state index contributed by atoms with van der Waals surface area (Å²) < 4.78 is 0. The van der Waals surface area contributed by atoms with Gasteiger partial charge in [-0.3, -0.25) is 19.9 Å². The van der Waals surface area contributed by atoms with Crippen molar-refractivity contribution in [3.05, 3.63) is 69.0 Å². The number of carbonyl (C=O) groups is 1. The summed E-state index contributed by atoms with van der Waals surface area (Å²) in [5.74, 6) is -0.390. The number of nitrogens with zero attached hydrogens (tertiary/aromatic N) is 2. The summed E-state index contributed by atoms with van der Waals surface area (Å²) in [4.78, 5) is 26.1. The molecule has 1 aromatic heterocycles. The van der Waals surface area contributed by atoms with Crippen molar-refractivity contribution in [3.8, 4) is 0 Å². The van der Waals surface area contributed by atoms with Gasteiger partial charge in [0.05, 0.1) is 21.6 Å². The molecule has 0 aliphatic heterocycles. The Morgan fingerprint density at radius 2 is 2.00 bits per heavy atom. The lowest BCUT2D eigenvalue weighted by molar-refractivity contribution is -0.384.